The van der Waals surface area contributed by atoms with Crippen molar-refractivity contribution in [2.24, 2.45) is 11.0 Å². The number of carbonyl (C=O) groups is 3. The van der Waals surface area contributed by atoms with E-state index in [-0.39, 0.29) is 23.9 Å². The number of halogens is 1. The highest BCUT2D eigenvalue weighted by Crippen LogP contribution is 2.22. The first kappa shape index (κ1) is 26.7. The number of nitrogens with zero attached hydrogens (tertiary/aromatic N) is 1. The average molecular weight is 510 g/mol. The van der Waals surface area contributed by atoms with Gasteiger partial charge in [0.25, 0.3) is 11.8 Å². The van der Waals surface area contributed by atoms with Crippen LogP contribution in [0, 0.1) is 5.92 Å². The van der Waals surface area contributed by atoms with E-state index in [1.54, 1.807) is 74.5 Å². The van der Waals surface area contributed by atoms with E-state index in [0.29, 0.717) is 27.7 Å². The molecule has 36 heavy (non-hydrogen) atoms. The fraction of sp³-hybridized carbons (Fsp3) is 0.259. The van der Waals surface area contributed by atoms with Gasteiger partial charge in [0.15, 0.2) is 0 Å². The summed E-state index contributed by atoms with van der Waals surface area (Å²) in [5.41, 5.74) is 4.06. The Balaban J connectivity index is 1.59. The third-order valence-corrected chi connectivity index (χ3v) is 5.34. The van der Waals surface area contributed by atoms with Gasteiger partial charge in [0.1, 0.15) is 17.6 Å². The van der Waals surface area contributed by atoms with Crippen molar-refractivity contribution < 1.29 is 23.5 Å². The van der Waals surface area contributed by atoms with Crippen molar-refractivity contribution in [3.63, 3.8) is 0 Å². The van der Waals surface area contributed by atoms with Crippen LogP contribution in [0.5, 0.6) is 0 Å². The van der Waals surface area contributed by atoms with E-state index < -0.39 is 11.9 Å². The van der Waals surface area contributed by atoms with E-state index in [1.165, 1.54) is 6.21 Å². The van der Waals surface area contributed by atoms with Crippen LogP contribution in [0.1, 0.15) is 54.2 Å². The van der Waals surface area contributed by atoms with Crippen LogP contribution in [0.2, 0.25) is 5.02 Å². The predicted molar refractivity (Wildman–Crippen MR) is 138 cm³/mol. The molecule has 0 radical (unpaired) electrons. The summed E-state index contributed by atoms with van der Waals surface area (Å²) >= 11 is 5.86. The Labute approximate surface area is 214 Å². The van der Waals surface area contributed by atoms with E-state index in [2.05, 4.69) is 15.8 Å². The van der Waals surface area contributed by atoms with E-state index in [1.807, 2.05) is 13.8 Å². The maximum atomic E-state index is 12.6. The Bertz CT molecular complexity index is 1230. The zero-order valence-electron chi connectivity index (χ0n) is 20.4. The van der Waals surface area contributed by atoms with Crippen LogP contribution < -0.4 is 10.7 Å². The van der Waals surface area contributed by atoms with Gasteiger partial charge in [-0.2, -0.15) is 5.10 Å². The molecule has 188 valence electrons. The molecular weight excluding hydrogens is 482 g/mol. The fourth-order valence-corrected chi connectivity index (χ4v) is 3.35. The van der Waals surface area contributed by atoms with Crippen molar-refractivity contribution in [3.8, 4) is 11.3 Å². The van der Waals surface area contributed by atoms with Crippen molar-refractivity contribution >= 4 is 35.6 Å². The lowest BCUT2D eigenvalue weighted by molar-refractivity contribution is -0.123. The van der Waals surface area contributed by atoms with Crippen molar-refractivity contribution in [3.05, 3.63) is 82.6 Å². The predicted octanol–water partition coefficient (Wildman–Crippen LogP) is 5.07. The van der Waals surface area contributed by atoms with Gasteiger partial charge in [-0.25, -0.2) is 10.2 Å². The second-order valence-corrected chi connectivity index (χ2v) is 9.11. The van der Waals surface area contributed by atoms with E-state index >= 15 is 0 Å². The van der Waals surface area contributed by atoms with E-state index in [4.69, 9.17) is 20.8 Å². The van der Waals surface area contributed by atoms with Crippen LogP contribution in [-0.2, 0) is 9.53 Å². The Morgan fingerprint density at radius 2 is 1.56 bits per heavy atom. The molecule has 0 aliphatic heterocycles. The van der Waals surface area contributed by atoms with Crippen LogP contribution >= 0.6 is 11.6 Å². The van der Waals surface area contributed by atoms with Crippen molar-refractivity contribution in [2.45, 2.75) is 39.8 Å². The highest BCUT2D eigenvalue weighted by Gasteiger charge is 2.24. The number of hydrazone groups is 1. The highest BCUT2D eigenvalue weighted by atomic mass is 35.5. The molecule has 0 saturated heterocycles. The van der Waals surface area contributed by atoms with Gasteiger partial charge in [-0.15, -0.1) is 0 Å². The molecule has 2 aromatic carbocycles. The molecule has 2 N–H and O–H groups in total. The molecule has 8 nitrogen and oxygen atoms in total. The molecule has 0 spiro atoms. The number of hydrogen-bond acceptors (Lipinski definition) is 6. The van der Waals surface area contributed by atoms with Crippen LogP contribution in [0.15, 0.2) is 70.2 Å². The smallest absolute Gasteiger partial charge is 0.338 e. The Morgan fingerprint density at radius 3 is 2.17 bits per heavy atom. The first-order chi connectivity index (χ1) is 17.1. The number of furan rings is 1. The summed E-state index contributed by atoms with van der Waals surface area (Å²) in [7, 11) is 0. The van der Waals surface area contributed by atoms with Gasteiger partial charge in [0.05, 0.1) is 17.9 Å². The van der Waals surface area contributed by atoms with Crippen LogP contribution in [-0.4, -0.2) is 36.1 Å². The molecule has 2 amide bonds. The lowest BCUT2D eigenvalue weighted by Crippen LogP contribution is -2.48. The number of hydrogen-bond donors (Lipinski definition) is 2. The standard InChI is InChI=1S/C27H28ClN3O5/c1-16(2)24(30-25(32)19-9-11-21(28)12-10-19)26(33)31-29-15-22-13-14-23(36-22)18-5-7-20(8-6-18)27(34)35-17(3)4/h5-17,24H,1-4H3,(H,30,32)(H,31,33). The van der Waals surface area contributed by atoms with Gasteiger partial charge >= 0.3 is 5.97 Å². The summed E-state index contributed by atoms with van der Waals surface area (Å²) in [6.07, 6.45) is 1.17. The number of rotatable bonds is 9. The zero-order chi connectivity index (χ0) is 26.2. The molecule has 3 aromatic rings. The summed E-state index contributed by atoms with van der Waals surface area (Å²) in [6, 6.07) is 15.9. The summed E-state index contributed by atoms with van der Waals surface area (Å²) in [5, 5.41) is 7.20. The molecular formula is C27H28ClN3O5. The third-order valence-electron chi connectivity index (χ3n) is 5.08. The highest BCUT2D eigenvalue weighted by molar-refractivity contribution is 6.30. The fourth-order valence-electron chi connectivity index (χ4n) is 3.22. The quantitative estimate of drug-likeness (QED) is 0.238. The summed E-state index contributed by atoms with van der Waals surface area (Å²) in [5.74, 6) is -0.416. The maximum Gasteiger partial charge on any atom is 0.338 e. The molecule has 0 aliphatic carbocycles. The summed E-state index contributed by atoms with van der Waals surface area (Å²) in [4.78, 5) is 37.1. The second kappa shape index (κ2) is 12.2. The number of amides is 2. The van der Waals surface area contributed by atoms with Crippen LogP contribution in [0.3, 0.4) is 0 Å². The molecule has 0 aliphatic rings. The van der Waals surface area contributed by atoms with Gasteiger partial charge in [-0.05, 0) is 68.3 Å². The lowest BCUT2D eigenvalue weighted by Gasteiger charge is -2.20. The van der Waals surface area contributed by atoms with Crippen molar-refractivity contribution in [1.29, 1.82) is 0 Å². The maximum absolute atomic E-state index is 12.6. The Kier molecular flexibility index (Phi) is 9.02. The molecule has 1 unspecified atom stereocenters. The second-order valence-electron chi connectivity index (χ2n) is 8.67. The normalized spacial score (nSPS) is 12.1. The first-order valence-electron chi connectivity index (χ1n) is 11.4. The van der Waals surface area contributed by atoms with Gasteiger partial charge in [-0.3, -0.25) is 9.59 Å². The van der Waals surface area contributed by atoms with Crippen LogP contribution in [0.25, 0.3) is 11.3 Å². The molecule has 0 saturated carbocycles. The zero-order valence-corrected chi connectivity index (χ0v) is 21.2. The molecule has 9 heteroatoms. The van der Waals surface area contributed by atoms with Crippen LogP contribution in [0.4, 0.5) is 0 Å². The Hall–Kier alpha value is -3.91. The largest absolute Gasteiger partial charge is 0.459 e. The van der Waals surface area contributed by atoms with Crippen molar-refractivity contribution in [2.75, 3.05) is 0 Å². The van der Waals surface area contributed by atoms with Gasteiger partial charge in [-0.1, -0.05) is 37.6 Å². The third kappa shape index (κ3) is 7.29. The van der Waals surface area contributed by atoms with Gasteiger partial charge < -0.3 is 14.5 Å². The minimum absolute atomic E-state index is 0.174. The first-order valence-corrected chi connectivity index (χ1v) is 11.8. The lowest BCUT2D eigenvalue weighted by atomic mass is 10.0. The molecule has 0 fully saturated rings. The molecule has 1 heterocycles. The molecule has 1 atom stereocenters. The van der Waals surface area contributed by atoms with Crippen molar-refractivity contribution in [1.82, 2.24) is 10.7 Å². The van der Waals surface area contributed by atoms with Gasteiger partial charge in [0, 0.05) is 16.1 Å². The number of carbonyl (C=O) groups excluding carboxylic acids is 3. The molecule has 1 aromatic heterocycles. The SMILES string of the molecule is CC(C)OC(=O)c1ccc(-c2ccc(C=NNC(=O)C(NC(=O)c3ccc(Cl)cc3)C(C)C)o2)cc1. The van der Waals surface area contributed by atoms with E-state index in [0.717, 1.165) is 5.56 Å². The Morgan fingerprint density at radius 1 is 0.917 bits per heavy atom. The number of ether oxygens (including phenoxy) is 1. The number of nitrogens with one attached hydrogen (secondary N) is 2. The summed E-state index contributed by atoms with van der Waals surface area (Å²) < 4.78 is 10.9. The van der Waals surface area contributed by atoms with Gasteiger partial charge in [0.2, 0.25) is 0 Å². The van der Waals surface area contributed by atoms with E-state index in [9.17, 15) is 14.4 Å². The molecule has 3 rings (SSSR count). The minimum atomic E-state index is -0.793. The summed E-state index contributed by atoms with van der Waals surface area (Å²) in [6.45, 7) is 7.23. The molecule has 0 bridgehead atoms. The number of esters is 1. The average Bonchev–Trinajstić information content (AvgIpc) is 3.31. The topological polar surface area (TPSA) is 110 Å². The monoisotopic (exact) mass is 509 g/mol. The minimum Gasteiger partial charge on any atom is -0.459 e. The number of benzene rings is 2.